The molecule has 98 valence electrons. The van der Waals surface area contributed by atoms with Crippen LogP contribution < -0.4 is 0 Å². The van der Waals surface area contributed by atoms with Crippen LogP contribution >= 0.6 is 0 Å². The van der Waals surface area contributed by atoms with E-state index in [2.05, 4.69) is 0 Å². The number of ketones is 1. The fourth-order valence-corrected chi connectivity index (χ4v) is 3.10. The van der Waals surface area contributed by atoms with Crippen molar-refractivity contribution in [2.75, 3.05) is 6.61 Å². The van der Waals surface area contributed by atoms with E-state index in [1.165, 1.54) is 0 Å². The summed E-state index contributed by atoms with van der Waals surface area (Å²) in [5, 5.41) is 0. The maximum absolute atomic E-state index is 12.1. The van der Waals surface area contributed by atoms with Gasteiger partial charge in [-0.15, -0.1) is 0 Å². The molecule has 19 heavy (non-hydrogen) atoms. The van der Waals surface area contributed by atoms with Gasteiger partial charge in [0.2, 0.25) is 0 Å². The van der Waals surface area contributed by atoms with Crippen LogP contribution in [-0.4, -0.2) is 18.4 Å². The van der Waals surface area contributed by atoms with E-state index in [1.54, 1.807) is 0 Å². The third kappa shape index (κ3) is 1.65. The number of esters is 1. The highest BCUT2D eigenvalue weighted by Crippen LogP contribution is 2.59. The second kappa shape index (κ2) is 4.05. The van der Waals surface area contributed by atoms with Crippen LogP contribution in [-0.2, 0) is 14.9 Å². The van der Waals surface area contributed by atoms with Gasteiger partial charge in [-0.25, -0.2) is 0 Å². The summed E-state index contributed by atoms with van der Waals surface area (Å²) in [6, 6.07) is 7.58. The number of hydrogen-bond acceptors (Lipinski definition) is 3. The normalized spacial score (nSPS) is 27.8. The molecule has 0 amide bonds. The lowest BCUT2D eigenvalue weighted by atomic mass is 9.80. The molecule has 0 bridgehead atoms. The maximum atomic E-state index is 12.1. The SMILES string of the molecule is CCOC(=O)C1CC12C=C(C)C(=O)c1ccccc12. The molecule has 0 heterocycles. The Morgan fingerprint density at radius 2 is 2.16 bits per heavy atom. The average molecular weight is 256 g/mol. The molecule has 3 heteroatoms. The van der Waals surface area contributed by atoms with Crippen LogP contribution in [0.3, 0.4) is 0 Å². The van der Waals surface area contributed by atoms with Gasteiger partial charge in [-0.2, -0.15) is 0 Å². The van der Waals surface area contributed by atoms with Crippen LogP contribution in [0.5, 0.6) is 0 Å². The molecule has 1 aromatic rings. The molecule has 0 saturated heterocycles. The van der Waals surface area contributed by atoms with Crippen LogP contribution in [0, 0.1) is 5.92 Å². The first-order valence-corrected chi connectivity index (χ1v) is 6.60. The van der Waals surface area contributed by atoms with E-state index in [0.717, 1.165) is 23.1 Å². The lowest BCUT2D eigenvalue weighted by molar-refractivity contribution is -0.145. The molecule has 2 aliphatic rings. The summed E-state index contributed by atoms with van der Waals surface area (Å²) in [6.45, 7) is 4.03. The van der Waals surface area contributed by atoms with Crippen molar-refractivity contribution in [1.82, 2.24) is 0 Å². The highest BCUT2D eigenvalue weighted by Gasteiger charge is 2.61. The molecule has 0 N–H and O–H groups in total. The van der Waals surface area contributed by atoms with Crippen molar-refractivity contribution < 1.29 is 14.3 Å². The van der Waals surface area contributed by atoms with Gasteiger partial charge in [0.1, 0.15) is 0 Å². The minimum absolute atomic E-state index is 0.0655. The fourth-order valence-electron chi connectivity index (χ4n) is 3.10. The van der Waals surface area contributed by atoms with Gasteiger partial charge < -0.3 is 4.74 Å². The zero-order valence-electron chi connectivity index (χ0n) is 11.1. The lowest BCUT2D eigenvalue weighted by Crippen LogP contribution is -2.23. The van der Waals surface area contributed by atoms with Crippen molar-refractivity contribution in [2.45, 2.75) is 25.7 Å². The van der Waals surface area contributed by atoms with E-state index in [-0.39, 0.29) is 23.1 Å². The molecule has 3 nitrogen and oxygen atoms in total. The van der Waals surface area contributed by atoms with Crippen LogP contribution in [0.15, 0.2) is 35.9 Å². The summed E-state index contributed by atoms with van der Waals surface area (Å²) in [7, 11) is 0. The minimum atomic E-state index is -0.305. The van der Waals surface area contributed by atoms with E-state index in [4.69, 9.17) is 4.74 Å². The smallest absolute Gasteiger partial charge is 0.310 e. The molecule has 1 aromatic carbocycles. The summed E-state index contributed by atoms with van der Waals surface area (Å²) in [4.78, 5) is 24.1. The molecule has 0 radical (unpaired) electrons. The van der Waals surface area contributed by atoms with E-state index in [9.17, 15) is 9.59 Å². The Kier molecular flexibility index (Phi) is 2.59. The summed E-state index contributed by atoms with van der Waals surface area (Å²) in [5.74, 6) is -0.233. The Bertz CT molecular complexity index is 600. The van der Waals surface area contributed by atoms with Crippen LogP contribution in [0.25, 0.3) is 0 Å². The van der Waals surface area contributed by atoms with Crippen LogP contribution in [0.1, 0.15) is 36.2 Å². The van der Waals surface area contributed by atoms with Crippen molar-refractivity contribution in [3.8, 4) is 0 Å². The number of fused-ring (bicyclic) bond motifs is 2. The number of carbonyl (C=O) groups is 2. The maximum Gasteiger partial charge on any atom is 0.310 e. The third-order valence-corrected chi connectivity index (χ3v) is 4.08. The van der Waals surface area contributed by atoms with E-state index in [1.807, 2.05) is 44.2 Å². The summed E-state index contributed by atoms with van der Waals surface area (Å²) in [6.07, 6.45) is 2.70. The highest BCUT2D eigenvalue weighted by molar-refractivity contribution is 6.11. The Labute approximate surface area is 112 Å². The zero-order valence-corrected chi connectivity index (χ0v) is 11.1. The van der Waals surface area contributed by atoms with E-state index in [0.29, 0.717) is 6.61 Å². The highest BCUT2D eigenvalue weighted by atomic mass is 16.5. The largest absolute Gasteiger partial charge is 0.466 e. The first-order chi connectivity index (χ1) is 9.10. The molecule has 1 spiro atoms. The molecular formula is C16H16O3. The molecule has 2 aliphatic carbocycles. The van der Waals surface area contributed by atoms with Gasteiger partial charge in [-0.1, -0.05) is 30.3 Å². The average Bonchev–Trinajstić information content (AvgIpc) is 3.12. The standard InChI is InChI=1S/C16H16O3/c1-3-19-15(18)13-9-16(13)8-10(2)14(17)11-6-4-5-7-12(11)16/h4-8,13H,3,9H2,1-2H3. The quantitative estimate of drug-likeness (QED) is 0.764. The monoisotopic (exact) mass is 256 g/mol. The predicted octanol–water partition coefficient (Wildman–Crippen LogP) is 2.65. The van der Waals surface area contributed by atoms with Crippen molar-refractivity contribution in [1.29, 1.82) is 0 Å². The molecule has 3 rings (SSSR count). The Hall–Kier alpha value is -1.90. The van der Waals surface area contributed by atoms with Gasteiger partial charge in [0.15, 0.2) is 5.78 Å². The molecule has 2 unspecified atom stereocenters. The molecule has 1 saturated carbocycles. The number of Topliss-reactive ketones (excluding diaryl/α,β-unsaturated/α-hetero) is 1. The number of carbonyl (C=O) groups excluding carboxylic acids is 2. The fraction of sp³-hybridized carbons (Fsp3) is 0.375. The van der Waals surface area contributed by atoms with Gasteiger partial charge in [0.25, 0.3) is 0 Å². The Morgan fingerprint density at radius 1 is 1.42 bits per heavy atom. The molecule has 1 fully saturated rings. The van der Waals surface area contributed by atoms with Gasteiger partial charge in [0, 0.05) is 11.0 Å². The first kappa shape index (κ1) is 12.2. The minimum Gasteiger partial charge on any atom is -0.466 e. The number of ether oxygens (including phenoxy) is 1. The predicted molar refractivity (Wildman–Crippen MR) is 70.9 cm³/mol. The number of benzene rings is 1. The third-order valence-electron chi connectivity index (χ3n) is 4.08. The van der Waals surface area contributed by atoms with Gasteiger partial charge in [-0.3, -0.25) is 9.59 Å². The molecular weight excluding hydrogens is 240 g/mol. The summed E-state index contributed by atoms with van der Waals surface area (Å²) < 4.78 is 5.12. The number of rotatable bonds is 2. The van der Waals surface area contributed by atoms with Crippen molar-refractivity contribution in [3.63, 3.8) is 0 Å². The second-order valence-electron chi connectivity index (χ2n) is 5.25. The van der Waals surface area contributed by atoms with E-state index >= 15 is 0 Å². The Balaban J connectivity index is 2.04. The van der Waals surface area contributed by atoms with Gasteiger partial charge in [0.05, 0.1) is 12.5 Å². The van der Waals surface area contributed by atoms with E-state index < -0.39 is 0 Å². The topological polar surface area (TPSA) is 43.4 Å². The second-order valence-corrected chi connectivity index (χ2v) is 5.25. The van der Waals surface area contributed by atoms with Gasteiger partial charge >= 0.3 is 5.97 Å². The van der Waals surface area contributed by atoms with Crippen molar-refractivity contribution >= 4 is 11.8 Å². The summed E-state index contributed by atoms with van der Waals surface area (Å²) in [5.41, 5.74) is 2.13. The van der Waals surface area contributed by atoms with Crippen LogP contribution in [0.2, 0.25) is 0 Å². The molecule has 0 aromatic heterocycles. The zero-order chi connectivity index (χ0) is 13.6. The lowest BCUT2D eigenvalue weighted by Gasteiger charge is -2.23. The van der Waals surface area contributed by atoms with Crippen LogP contribution in [0.4, 0.5) is 0 Å². The molecule has 0 aliphatic heterocycles. The van der Waals surface area contributed by atoms with Gasteiger partial charge in [-0.05, 0) is 31.4 Å². The summed E-state index contributed by atoms with van der Waals surface area (Å²) >= 11 is 0. The van der Waals surface area contributed by atoms with Crippen molar-refractivity contribution in [2.24, 2.45) is 5.92 Å². The Morgan fingerprint density at radius 3 is 2.89 bits per heavy atom. The van der Waals surface area contributed by atoms with Crippen molar-refractivity contribution in [3.05, 3.63) is 47.0 Å². The first-order valence-electron chi connectivity index (χ1n) is 6.60. The molecule has 2 atom stereocenters. The number of hydrogen-bond donors (Lipinski definition) is 0. The number of allylic oxidation sites excluding steroid dienone is 2.